The summed E-state index contributed by atoms with van der Waals surface area (Å²) in [5.74, 6) is 0.726. The normalized spacial score (nSPS) is 27.8. The number of rotatable bonds is 4. The Labute approximate surface area is 121 Å². The summed E-state index contributed by atoms with van der Waals surface area (Å²) < 4.78 is 1.76. The molecule has 0 bridgehead atoms. The minimum atomic E-state index is -0.548. The van der Waals surface area contributed by atoms with E-state index in [0.717, 1.165) is 37.3 Å². The topological polar surface area (TPSA) is 63.0 Å². The highest BCUT2D eigenvalue weighted by Gasteiger charge is 2.36. The van der Waals surface area contributed by atoms with Crippen LogP contribution in [0.5, 0.6) is 0 Å². The smallest absolute Gasteiger partial charge is 0.0771 e. The molecule has 1 aliphatic rings. The van der Waals surface area contributed by atoms with Gasteiger partial charge in [-0.05, 0) is 37.0 Å². The van der Waals surface area contributed by atoms with Crippen molar-refractivity contribution in [1.82, 2.24) is 20.3 Å². The largest absolute Gasteiger partial charge is 0.389 e. The SMILES string of the molecule is Cn1nncc1CNCC1(O)CCC(C(C)(C)C)CC1. The van der Waals surface area contributed by atoms with Crippen molar-refractivity contribution in [2.45, 2.75) is 58.6 Å². The van der Waals surface area contributed by atoms with Crippen LogP contribution >= 0.6 is 0 Å². The molecule has 0 aliphatic heterocycles. The van der Waals surface area contributed by atoms with E-state index in [4.69, 9.17) is 0 Å². The predicted molar refractivity (Wildman–Crippen MR) is 79.1 cm³/mol. The van der Waals surface area contributed by atoms with Crippen molar-refractivity contribution in [3.63, 3.8) is 0 Å². The van der Waals surface area contributed by atoms with E-state index in [1.54, 1.807) is 10.9 Å². The van der Waals surface area contributed by atoms with E-state index < -0.39 is 5.60 Å². The number of aromatic nitrogens is 3. The molecule has 0 atom stereocenters. The third kappa shape index (κ3) is 3.79. The van der Waals surface area contributed by atoms with E-state index in [1.165, 1.54) is 0 Å². The van der Waals surface area contributed by atoms with Gasteiger partial charge in [-0.15, -0.1) is 5.10 Å². The van der Waals surface area contributed by atoms with Gasteiger partial charge in [0.15, 0.2) is 0 Å². The van der Waals surface area contributed by atoms with E-state index in [9.17, 15) is 5.11 Å². The molecule has 114 valence electrons. The Balaban J connectivity index is 1.78. The van der Waals surface area contributed by atoms with Gasteiger partial charge in [0.25, 0.3) is 0 Å². The molecule has 1 aromatic heterocycles. The zero-order chi connectivity index (χ0) is 14.8. The van der Waals surface area contributed by atoms with Gasteiger partial charge >= 0.3 is 0 Å². The van der Waals surface area contributed by atoms with Gasteiger partial charge in [-0.2, -0.15) is 0 Å². The first kappa shape index (κ1) is 15.4. The molecule has 0 saturated heterocycles. The molecular weight excluding hydrogens is 252 g/mol. The Morgan fingerprint density at radius 1 is 1.40 bits per heavy atom. The number of nitrogens with zero attached hydrogens (tertiary/aromatic N) is 3. The third-order valence-corrected chi connectivity index (χ3v) is 4.71. The highest BCUT2D eigenvalue weighted by atomic mass is 16.3. The molecule has 20 heavy (non-hydrogen) atoms. The minimum Gasteiger partial charge on any atom is -0.389 e. The molecule has 1 aliphatic carbocycles. The van der Waals surface area contributed by atoms with Gasteiger partial charge < -0.3 is 10.4 Å². The van der Waals surface area contributed by atoms with Crippen molar-refractivity contribution in [2.24, 2.45) is 18.4 Å². The van der Waals surface area contributed by atoms with Crippen LogP contribution in [0.1, 0.15) is 52.1 Å². The first-order valence-corrected chi connectivity index (χ1v) is 7.57. The van der Waals surface area contributed by atoms with E-state index in [1.807, 2.05) is 7.05 Å². The maximum atomic E-state index is 10.7. The second kappa shape index (κ2) is 5.82. The summed E-state index contributed by atoms with van der Waals surface area (Å²) in [5.41, 5.74) is 0.847. The second-order valence-corrected chi connectivity index (χ2v) is 7.32. The Morgan fingerprint density at radius 3 is 2.55 bits per heavy atom. The molecule has 0 unspecified atom stereocenters. The average molecular weight is 280 g/mol. The number of aryl methyl sites for hydroxylation is 1. The number of hydrogen-bond donors (Lipinski definition) is 2. The lowest BCUT2D eigenvalue weighted by atomic mass is 9.68. The van der Waals surface area contributed by atoms with Crippen LogP contribution in [0.2, 0.25) is 0 Å². The van der Waals surface area contributed by atoms with Crippen molar-refractivity contribution >= 4 is 0 Å². The molecule has 0 amide bonds. The van der Waals surface area contributed by atoms with Crippen LogP contribution in [0.25, 0.3) is 0 Å². The van der Waals surface area contributed by atoms with Crippen LogP contribution < -0.4 is 5.32 Å². The van der Waals surface area contributed by atoms with Crippen molar-refractivity contribution in [1.29, 1.82) is 0 Å². The fourth-order valence-electron chi connectivity index (χ4n) is 3.09. The average Bonchev–Trinajstić information content (AvgIpc) is 2.74. The third-order valence-electron chi connectivity index (χ3n) is 4.71. The molecule has 5 heteroatoms. The van der Waals surface area contributed by atoms with Gasteiger partial charge in [0.05, 0.1) is 17.5 Å². The number of aliphatic hydroxyl groups is 1. The monoisotopic (exact) mass is 280 g/mol. The van der Waals surface area contributed by atoms with Crippen LogP contribution in [-0.2, 0) is 13.6 Å². The molecule has 0 aromatic carbocycles. The van der Waals surface area contributed by atoms with Crippen molar-refractivity contribution in [3.05, 3.63) is 11.9 Å². The van der Waals surface area contributed by atoms with Gasteiger partial charge in [-0.25, -0.2) is 0 Å². The van der Waals surface area contributed by atoms with Gasteiger partial charge in [0.1, 0.15) is 0 Å². The maximum Gasteiger partial charge on any atom is 0.0771 e. The zero-order valence-electron chi connectivity index (χ0n) is 13.2. The molecule has 1 heterocycles. The molecule has 2 N–H and O–H groups in total. The summed E-state index contributed by atoms with van der Waals surface area (Å²) in [6.45, 7) is 8.25. The maximum absolute atomic E-state index is 10.7. The fraction of sp³-hybridized carbons (Fsp3) is 0.867. The molecule has 1 fully saturated rings. The van der Waals surface area contributed by atoms with Gasteiger partial charge in [-0.1, -0.05) is 26.0 Å². The fourth-order valence-corrected chi connectivity index (χ4v) is 3.09. The van der Waals surface area contributed by atoms with Crippen molar-refractivity contribution in [2.75, 3.05) is 6.54 Å². The summed E-state index contributed by atoms with van der Waals surface area (Å²) in [6, 6.07) is 0. The summed E-state index contributed by atoms with van der Waals surface area (Å²) in [7, 11) is 1.88. The summed E-state index contributed by atoms with van der Waals surface area (Å²) >= 11 is 0. The lowest BCUT2D eigenvalue weighted by Crippen LogP contribution is -2.45. The first-order valence-electron chi connectivity index (χ1n) is 7.57. The minimum absolute atomic E-state index is 0.356. The van der Waals surface area contributed by atoms with Crippen LogP contribution in [-0.4, -0.2) is 32.2 Å². The summed E-state index contributed by atoms with van der Waals surface area (Å²) in [4.78, 5) is 0. The molecule has 0 radical (unpaired) electrons. The standard InChI is InChI=1S/C15H28N4O/c1-14(2,3)12-5-7-15(20,8-6-12)11-16-9-13-10-17-18-19(13)4/h10,12,16,20H,5-9,11H2,1-4H3. The molecule has 0 spiro atoms. The van der Waals surface area contributed by atoms with Crippen molar-refractivity contribution in [3.8, 4) is 0 Å². The molecule has 2 rings (SSSR count). The number of nitrogens with one attached hydrogen (secondary N) is 1. The molecule has 1 saturated carbocycles. The zero-order valence-corrected chi connectivity index (χ0v) is 13.2. The molecular formula is C15H28N4O. The second-order valence-electron chi connectivity index (χ2n) is 7.32. The van der Waals surface area contributed by atoms with E-state index in [2.05, 4.69) is 36.4 Å². The first-order chi connectivity index (χ1) is 9.30. The molecule has 1 aromatic rings. The summed E-state index contributed by atoms with van der Waals surface area (Å²) in [6.07, 6.45) is 5.79. The lowest BCUT2D eigenvalue weighted by Gasteiger charge is -2.41. The lowest BCUT2D eigenvalue weighted by molar-refractivity contribution is -0.0240. The van der Waals surface area contributed by atoms with E-state index >= 15 is 0 Å². The quantitative estimate of drug-likeness (QED) is 0.884. The van der Waals surface area contributed by atoms with Gasteiger partial charge in [-0.3, -0.25) is 4.68 Å². The molecule has 5 nitrogen and oxygen atoms in total. The highest BCUT2D eigenvalue weighted by Crippen LogP contribution is 2.41. The Morgan fingerprint density at radius 2 is 2.05 bits per heavy atom. The Bertz CT molecular complexity index is 427. The van der Waals surface area contributed by atoms with Crippen LogP contribution in [0.3, 0.4) is 0 Å². The predicted octanol–water partition coefficient (Wildman–Crippen LogP) is 1.87. The van der Waals surface area contributed by atoms with Gasteiger partial charge in [0.2, 0.25) is 0 Å². The van der Waals surface area contributed by atoms with Crippen LogP contribution in [0, 0.1) is 11.3 Å². The Hall–Kier alpha value is -0.940. The van der Waals surface area contributed by atoms with Crippen LogP contribution in [0.4, 0.5) is 0 Å². The van der Waals surface area contributed by atoms with E-state index in [-0.39, 0.29) is 0 Å². The van der Waals surface area contributed by atoms with E-state index in [0.29, 0.717) is 18.5 Å². The number of hydrogen-bond acceptors (Lipinski definition) is 4. The van der Waals surface area contributed by atoms with Crippen molar-refractivity contribution < 1.29 is 5.11 Å². The Kier molecular flexibility index (Phi) is 4.49. The van der Waals surface area contributed by atoms with Gasteiger partial charge in [0, 0.05) is 20.1 Å². The van der Waals surface area contributed by atoms with Crippen LogP contribution in [0.15, 0.2) is 6.20 Å². The summed E-state index contributed by atoms with van der Waals surface area (Å²) in [5, 5.41) is 21.7. The highest BCUT2D eigenvalue weighted by molar-refractivity contribution is 4.95.